The van der Waals surface area contributed by atoms with Gasteiger partial charge in [0.15, 0.2) is 0 Å². The zero-order valence-electron chi connectivity index (χ0n) is 16.8. The van der Waals surface area contributed by atoms with Crippen LogP contribution in [0.15, 0.2) is 24.3 Å². The van der Waals surface area contributed by atoms with Crippen molar-refractivity contribution in [1.82, 2.24) is 9.80 Å². The number of rotatable bonds is 5. The average Bonchev–Trinajstić information content (AvgIpc) is 3.44. The minimum Gasteiger partial charge on any atom is -0.497 e. The normalized spacial score (nSPS) is 29.7. The molecule has 1 amide bonds. The molecule has 0 radical (unpaired) electrons. The van der Waals surface area contributed by atoms with Gasteiger partial charge in [0.05, 0.1) is 13.7 Å². The first-order valence-electron chi connectivity index (χ1n) is 10.2. The Labute approximate surface area is 162 Å². The molecule has 1 aromatic carbocycles. The van der Waals surface area contributed by atoms with Crippen LogP contribution in [0.4, 0.5) is 4.79 Å². The molecule has 3 fully saturated rings. The lowest BCUT2D eigenvalue weighted by Crippen LogP contribution is -2.61. The monoisotopic (exact) mass is 372 g/mol. The smallest absolute Gasteiger partial charge is 0.409 e. The third-order valence-corrected chi connectivity index (χ3v) is 6.32. The highest BCUT2D eigenvalue weighted by atomic mass is 16.6. The second kappa shape index (κ2) is 7.34. The first-order chi connectivity index (χ1) is 12.9. The zero-order chi connectivity index (χ0) is 19.0. The largest absolute Gasteiger partial charge is 0.497 e. The van der Waals surface area contributed by atoms with Crippen LogP contribution in [0.25, 0.3) is 0 Å². The summed E-state index contributed by atoms with van der Waals surface area (Å²) in [5.74, 6) is 1.85. The van der Waals surface area contributed by atoms with E-state index in [2.05, 4.69) is 30.9 Å². The second-order valence-corrected chi connectivity index (χ2v) is 9.26. The van der Waals surface area contributed by atoms with E-state index in [1.165, 1.54) is 12.0 Å². The number of nitrogens with zero attached hydrogens (tertiary/aromatic N) is 2. The van der Waals surface area contributed by atoms with Gasteiger partial charge in [-0.2, -0.15) is 0 Å². The van der Waals surface area contributed by atoms with Crippen molar-refractivity contribution in [2.75, 3.05) is 39.9 Å². The molecule has 1 unspecified atom stereocenters. The van der Waals surface area contributed by atoms with Crippen LogP contribution in [0, 0.1) is 11.3 Å². The van der Waals surface area contributed by atoms with Gasteiger partial charge in [0.1, 0.15) is 5.75 Å². The molecule has 1 aliphatic carbocycles. The number of ether oxygens (including phenoxy) is 2. The molecule has 5 heteroatoms. The van der Waals surface area contributed by atoms with Gasteiger partial charge >= 0.3 is 6.09 Å². The third-order valence-electron chi connectivity index (χ3n) is 6.32. The van der Waals surface area contributed by atoms with Crippen molar-refractivity contribution in [2.45, 2.75) is 45.1 Å². The van der Waals surface area contributed by atoms with Crippen LogP contribution in [0.3, 0.4) is 0 Å². The Morgan fingerprint density at radius 3 is 2.63 bits per heavy atom. The molecule has 0 bridgehead atoms. The van der Waals surface area contributed by atoms with Crippen molar-refractivity contribution in [3.05, 3.63) is 29.8 Å². The molecule has 148 valence electrons. The summed E-state index contributed by atoms with van der Waals surface area (Å²) in [5.41, 5.74) is 1.75. The van der Waals surface area contributed by atoms with Crippen molar-refractivity contribution in [1.29, 1.82) is 0 Å². The molecular formula is C22H32N2O3. The average molecular weight is 373 g/mol. The third kappa shape index (κ3) is 4.23. The highest BCUT2D eigenvalue weighted by Crippen LogP contribution is 2.47. The molecule has 1 aromatic rings. The van der Waals surface area contributed by atoms with Gasteiger partial charge in [-0.05, 0) is 48.3 Å². The van der Waals surface area contributed by atoms with Crippen LogP contribution in [-0.2, 0) is 4.74 Å². The molecule has 0 spiro atoms. The van der Waals surface area contributed by atoms with Gasteiger partial charge < -0.3 is 14.4 Å². The highest BCUT2D eigenvalue weighted by Gasteiger charge is 2.41. The van der Waals surface area contributed by atoms with Crippen molar-refractivity contribution in [2.24, 2.45) is 11.3 Å². The Bertz CT molecular complexity index is 665. The van der Waals surface area contributed by atoms with E-state index < -0.39 is 0 Å². The van der Waals surface area contributed by atoms with Gasteiger partial charge in [0.25, 0.3) is 0 Å². The summed E-state index contributed by atoms with van der Waals surface area (Å²) in [6, 6.07) is 8.75. The summed E-state index contributed by atoms with van der Waals surface area (Å²) in [4.78, 5) is 17.0. The molecule has 2 heterocycles. The van der Waals surface area contributed by atoms with E-state index >= 15 is 0 Å². The molecule has 0 aromatic heterocycles. The van der Waals surface area contributed by atoms with Gasteiger partial charge in [-0.3, -0.25) is 4.90 Å². The van der Waals surface area contributed by atoms with Crippen LogP contribution < -0.4 is 4.74 Å². The Hall–Kier alpha value is -1.75. The molecule has 5 nitrogen and oxygen atoms in total. The summed E-state index contributed by atoms with van der Waals surface area (Å²) in [6.07, 6.45) is 3.25. The first-order valence-corrected chi connectivity index (χ1v) is 10.2. The topological polar surface area (TPSA) is 42.0 Å². The first kappa shape index (κ1) is 18.6. The molecule has 2 aliphatic heterocycles. The van der Waals surface area contributed by atoms with Crippen LogP contribution in [0.1, 0.15) is 44.6 Å². The number of carbonyl (C=O) groups is 1. The summed E-state index contributed by atoms with van der Waals surface area (Å²) in [5, 5.41) is 0. The maximum absolute atomic E-state index is 12.5. The fourth-order valence-electron chi connectivity index (χ4n) is 4.69. The number of benzene rings is 1. The second-order valence-electron chi connectivity index (χ2n) is 9.26. The number of carbonyl (C=O) groups excluding carboxylic acids is 1. The Morgan fingerprint density at radius 1 is 1.22 bits per heavy atom. The maximum Gasteiger partial charge on any atom is 0.409 e. The van der Waals surface area contributed by atoms with Crippen molar-refractivity contribution in [3.8, 4) is 5.75 Å². The van der Waals surface area contributed by atoms with Crippen molar-refractivity contribution >= 4 is 6.09 Å². The van der Waals surface area contributed by atoms with E-state index in [9.17, 15) is 4.79 Å². The van der Waals surface area contributed by atoms with E-state index in [4.69, 9.17) is 9.47 Å². The predicted molar refractivity (Wildman–Crippen MR) is 105 cm³/mol. The van der Waals surface area contributed by atoms with Crippen LogP contribution >= 0.6 is 0 Å². The molecule has 27 heavy (non-hydrogen) atoms. The Balaban J connectivity index is 1.21. The summed E-state index contributed by atoms with van der Waals surface area (Å²) < 4.78 is 10.9. The molecule has 0 N–H and O–H groups in total. The fourth-order valence-corrected chi connectivity index (χ4v) is 4.69. The van der Waals surface area contributed by atoms with Gasteiger partial charge in [0.2, 0.25) is 0 Å². The summed E-state index contributed by atoms with van der Waals surface area (Å²) >= 11 is 0. The predicted octanol–water partition coefficient (Wildman–Crippen LogP) is 3.74. The van der Waals surface area contributed by atoms with Crippen molar-refractivity contribution in [3.63, 3.8) is 0 Å². The minimum atomic E-state index is -0.125. The lowest BCUT2D eigenvalue weighted by molar-refractivity contribution is -0.0303. The molecule has 3 aliphatic rings. The zero-order valence-corrected chi connectivity index (χ0v) is 16.8. The maximum atomic E-state index is 12.5. The number of amides is 1. The number of methoxy groups -OCH3 is 1. The molecular weight excluding hydrogens is 340 g/mol. The summed E-state index contributed by atoms with van der Waals surface area (Å²) in [7, 11) is 1.68. The van der Waals surface area contributed by atoms with E-state index in [0.29, 0.717) is 29.9 Å². The lowest BCUT2D eigenvalue weighted by Gasteiger charge is -2.51. The highest BCUT2D eigenvalue weighted by molar-refractivity contribution is 5.67. The Morgan fingerprint density at radius 2 is 1.96 bits per heavy atom. The molecule has 1 saturated carbocycles. The van der Waals surface area contributed by atoms with Crippen molar-refractivity contribution < 1.29 is 14.3 Å². The Kier molecular flexibility index (Phi) is 5.06. The van der Waals surface area contributed by atoms with E-state index in [1.54, 1.807) is 7.11 Å². The molecule has 4 rings (SSSR count). The van der Waals surface area contributed by atoms with E-state index in [0.717, 1.165) is 44.8 Å². The summed E-state index contributed by atoms with van der Waals surface area (Å²) in [6.45, 7) is 9.10. The molecule has 3 atom stereocenters. The molecule has 2 saturated heterocycles. The van der Waals surface area contributed by atoms with Gasteiger partial charge in [-0.1, -0.05) is 26.0 Å². The van der Waals surface area contributed by atoms with Crippen LogP contribution in [0.5, 0.6) is 5.75 Å². The van der Waals surface area contributed by atoms with Gasteiger partial charge in [0, 0.05) is 38.1 Å². The van der Waals surface area contributed by atoms with Crippen LogP contribution in [-0.4, -0.2) is 61.8 Å². The number of piperidine rings is 1. The number of hydrogen-bond donors (Lipinski definition) is 0. The van der Waals surface area contributed by atoms with Gasteiger partial charge in [-0.15, -0.1) is 0 Å². The lowest BCUT2D eigenvalue weighted by atomic mass is 9.82. The standard InChI is InChI=1S/C22H32N2O3/c1-22(2)14-24(15-22)18-5-4-10-23(12-18)21(25)27-13-17-11-20(17)16-6-8-19(26-3)9-7-16/h6-9,17-18,20H,4-5,10-15H2,1-3H3/t17-,18?,20-/m0/s1. The number of likely N-dealkylation sites (tertiary alicyclic amines) is 2. The fraction of sp³-hybridized carbons (Fsp3) is 0.682. The van der Waals surface area contributed by atoms with E-state index in [1.807, 2.05) is 17.0 Å². The minimum absolute atomic E-state index is 0.125. The van der Waals surface area contributed by atoms with Gasteiger partial charge in [-0.25, -0.2) is 4.79 Å². The number of hydrogen-bond acceptors (Lipinski definition) is 4. The van der Waals surface area contributed by atoms with E-state index in [-0.39, 0.29) is 6.09 Å². The van der Waals surface area contributed by atoms with Crippen LogP contribution in [0.2, 0.25) is 0 Å². The quantitative estimate of drug-likeness (QED) is 0.790. The SMILES string of the molecule is COc1ccc([C@@H]2C[C@H]2COC(=O)N2CCCC(N3CC(C)(C)C3)C2)cc1.